The second-order valence-corrected chi connectivity index (χ2v) is 3.76. The molecule has 1 saturated heterocycles. The number of benzene rings is 1. The molecule has 2 heteroatoms. The highest BCUT2D eigenvalue weighted by molar-refractivity contribution is 6.30. The van der Waals surface area contributed by atoms with Gasteiger partial charge in [0.15, 0.2) is 0 Å². The molecule has 1 nitrogen and oxygen atoms in total. The van der Waals surface area contributed by atoms with Crippen molar-refractivity contribution in [3.63, 3.8) is 0 Å². The zero-order valence-corrected chi connectivity index (χ0v) is 7.72. The second kappa shape index (κ2) is 3.46. The van der Waals surface area contributed by atoms with E-state index >= 15 is 0 Å². The van der Waals surface area contributed by atoms with Crippen molar-refractivity contribution >= 4 is 11.6 Å². The van der Waals surface area contributed by atoms with Gasteiger partial charge in [-0.3, -0.25) is 0 Å². The minimum Gasteiger partial charge on any atom is -0.340 e. The number of hydrogen-bond acceptors (Lipinski definition) is 0. The predicted molar refractivity (Wildman–Crippen MR) is 50.2 cm³/mol. The Bertz CT molecular complexity index is 266. The third-order valence-corrected chi connectivity index (χ3v) is 2.68. The molecule has 0 spiro atoms. The lowest BCUT2D eigenvalue weighted by Gasteiger charge is -2.06. The molecule has 1 atom stereocenters. The summed E-state index contributed by atoms with van der Waals surface area (Å²) in [7, 11) is 0. The Morgan fingerprint density at radius 3 is 3.00 bits per heavy atom. The maximum absolute atomic E-state index is 5.91. The molecule has 0 saturated carbocycles. The van der Waals surface area contributed by atoms with E-state index in [4.69, 9.17) is 11.6 Å². The normalized spacial score (nSPS) is 22.9. The van der Waals surface area contributed by atoms with Crippen LogP contribution < -0.4 is 5.32 Å². The van der Waals surface area contributed by atoms with Crippen LogP contribution in [-0.4, -0.2) is 6.54 Å². The van der Waals surface area contributed by atoms with Crippen molar-refractivity contribution in [1.29, 1.82) is 0 Å². The maximum Gasteiger partial charge on any atom is 0.112 e. The van der Waals surface area contributed by atoms with E-state index in [0.29, 0.717) is 6.04 Å². The molecule has 0 aliphatic carbocycles. The van der Waals surface area contributed by atoms with Gasteiger partial charge in [0, 0.05) is 23.4 Å². The Balaban J connectivity index is 2.21. The largest absolute Gasteiger partial charge is 0.340 e. The summed E-state index contributed by atoms with van der Waals surface area (Å²) in [6.07, 6.45) is 2.62. The van der Waals surface area contributed by atoms with Gasteiger partial charge in [0.05, 0.1) is 6.54 Å². The first-order valence-electron chi connectivity index (χ1n) is 4.45. The minimum absolute atomic E-state index is 0.656. The van der Waals surface area contributed by atoms with Gasteiger partial charge >= 0.3 is 0 Å². The molecule has 1 heterocycles. The van der Waals surface area contributed by atoms with Crippen molar-refractivity contribution < 1.29 is 5.32 Å². The smallest absolute Gasteiger partial charge is 0.112 e. The molecule has 0 bridgehead atoms. The zero-order chi connectivity index (χ0) is 8.39. The standard InChI is InChI=1S/C10H12ClN/c11-9-4-1-3-8(7-9)10-5-2-6-12-10/h1,3-4,7,10,12H,2,5-6H2/p+1/t10-/m0/s1. The van der Waals surface area contributed by atoms with E-state index in [1.165, 1.54) is 24.9 Å². The quantitative estimate of drug-likeness (QED) is 0.682. The summed E-state index contributed by atoms with van der Waals surface area (Å²) < 4.78 is 0. The van der Waals surface area contributed by atoms with Crippen LogP contribution in [-0.2, 0) is 0 Å². The Morgan fingerprint density at radius 2 is 2.33 bits per heavy atom. The van der Waals surface area contributed by atoms with Crippen LogP contribution in [0.5, 0.6) is 0 Å². The molecule has 0 amide bonds. The third-order valence-electron chi connectivity index (χ3n) is 2.45. The summed E-state index contributed by atoms with van der Waals surface area (Å²) >= 11 is 5.91. The molecule has 1 aliphatic heterocycles. The minimum atomic E-state index is 0.656. The van der Waals surface area contributed by atoms with Crippen LogP contribution in [0.4, 0.5) is 0 Å². The van der Waals surface area contributed by atoms with Crippen molar-refractivity contribution in [2.45, 2.75) is 18.9 Å². The molecule has 1 fully saturated rings. The number of halogens is 1. The first kappa shape index (κ1) is 8.09. The number of rotatable bonds is 1. The van der Waals surface area contributed by atoms with E-state index in [9.17, 15) is 0 Å². The fourth-order valence-corrected chi connectivity index (χ4v) is 2.01. The van der Waals surface area contributed by atoms with E-state index in [-0.39, 0.29) is 0 Å². The van der Waals surface area contributed by atoms with Gasteiger partial charge in [-0.1, -0.05) is 23.7 Å². The number of quaternary nitrogens is 1. The van der Waals surface area contributed by atoms with Crippen LogP contribution in [0.2, 0.25) is 5.02 Å². The molecule has 1 aromatic carbocycles. The monoisotopic (exact) mass is 182 g/mol. The Morgan fingerprint density at radius 1 is 1.42 bits per heavy atom. The molecule has 0 aromatic heterocycles. The lowest BCUT2D eigenvalue weighted by atomic mass is 10.1. The van der Waals surface area contributed by atoms with E-state index in [2.05, 4.69) is 17.4 Å². The van der Waals surface area contributed by atoms with Crippen molar-refractivity contribution in [1.82, 2.24) is 0 Å². The highest BCUT2D eigenvalue weighted by Gasteiger charge is 2.19. The topological polar surface area (TPSA) is 16.6 Å². The van der Waals surface area contributed by atoms with Crippen molar-refractivity contribution in [2.75, 3.05) is 6.54 Å². The summed E-state index contributed by atoms with van der Waals surface area (Å²) in [6, 6.07) is 8.86. The Labute approximate surface area is 77.7 Å². The van der Waals surface area contributed by atoms with Gasteiger partial charge < -0.3 is 5.32 Å². The predicted octanol–water partition coefficient (Wildman–Crippen LogP) is 1.74. The van der Waals surface area contributed by atoms with Crippen LogP contribution in [0.15, 0.2) is 24.3 Å². The van der Waals surface area contributed by atoms with Gasteiger partial charge in [0.25, 0.3) is 0 Å². The first-order chi connectivity index (χ1) is 5.86. The van der Waals surface area contributed by atoms with Crippen LogP contribution in [0, 0.1) is 0 Å². The third kappa shape index (κ3) is 1.62. The fourth-order valence-electron chi connectivity index (χ4n) is 1.81. The lowest BCUT2D eigenvalue weighted by Crippen LogP contribution is -2.81. The SMILES string of the molecule is Clc1cccc([C@@H]2CCC[NH2+]2)c1. The van der Waals surface area contributed by atoms with Crippen LogP contribution in [0.1, 0.15) is 24.4 Å². The maximum atomic E-state index is 5.91. The Hall–Kier alpha value is -0.530. The second-order valence-electron chi connectivity index (χ2n) is 3.33. The van der Waals surface area contributed by atoms with Gasteiger partial charge in [-0.2, -0.15) is 0 Å². The van der Waals surface area contributed by atoms with Gasteiger partial charge in [0.2, 0.25) is 0 Å². The first-order valence-corrected chi connectivity index (χ1v) is 4.83. The average Bonchev–Trinajstić information content (AvgIpc) is 2.56. The van der Waals surface area contributed by atoms with Crippen molar-refractivity contribution in [2.24, 2.45) is 0 Å². The zero-order valence-electron chi connectivity index (χ0n) is 6.96. The Kier molecular flexibility index (Phi) is 2.33. The molecule has 12 heavy (non-hydrogen) atoms. The van der Waals surface area contributed by atoms with Crippen LogP contribution in [0.3, 0.4) is 0 Å². The van der Waals surface area contributed by atoms with E-state index in [0.717, 1.165) is 5.02 Å². The average molecular weight is 183 g/mol. The van der Waals surface area contributed by atoms with Crippen molar-refractivity contribution in [3.05, 3.63) is 34.9 Å². The summed E-state index contributed by atoms with van der Waals surface area (Å²) in [5, 5.41) is 3.25. The number of hydrogen-bond donors (Lipinski definition) is 1. The summed E-state index contributed by atoms with van der Waals surface area (Å²) in [5.74, 6) is 0. The molecule has 1 aliphatic rings. The van der Waals surface area contributed by atoms with E-state index in [1.54, 1.807) is 0 Å². The van der Waals surface area contributed by atoms with Crippen molar-refractivity contribution in [3.8, 4) is 0 Å². The van der Waals surface area contributed by atoms with Gasteiger partial charge in [-0.15, -0.1) is 0 Å². The molecular formula is C10H13ClN+. The molecule has 2 N–H and O–H groups in total. The van der Waals surface area contributed by atoms with Crippen LogP contribution in [0.25, 0.3) is 0 Å². The van der Waals surface area contributed by atoms with Gasteiger partial charge in [-0.25, -0.2) is 0 Å². The molecule has 1 aromatic rings. The van der Waals surface area contributed by atoms with E-state index in [1.807, 2.05) is 12.1 Å². The number of nitrogens with two attached hydrogens (primary N) is 1. The molecule has 0 radical (unpaired) electrons. The summed E-state index contributed by atoms with van der Waals surface area (Å²) in [5.41, 5.74) is 1.38. The summed E-state index contributed by atoms with van der Waals surface area (Å²) in [4.78, 5) is 0. The highest BCUT2D eigenvalue weighted by atomic mass is 35.5. The van der Waals surface area contributed by atoms with Gasteiger partial charge in [0.1, 0.15) is 6.04 Å². The van der Waals surface area contributed by atoms with E-state index < -0.39 is 0 Å². The lowest BCUT2D eigenvalue weighted by molar-refractivity contribution is -0.676. The molecule has 2 rings (SSSR count). The molecular weight excluding hydrogens is 170 g/mol. The summed E-state index contributed by atoms with van der Waals surface area (Å²) in [6.45, 7) is 1.26. The molecule has 0 unspecified atom stereocenters. The fraction of sp³-hybridized carbons (Fsp3) is 0.400. The highest BCUT2D eigenvalue weighted by Crippen LogP contribution is 2.20. The molecule has 64 valence electrons. The van der Waals surface area contributed by atoms with Crippen LogP contribution >= 0.6 is 11.6 Å². The van der Waals surface area contributed by atoms with Gasteiger partial charge in [-0.05, 0) is 12.1 Å².